The minimum atomic E-state index is -0.186. The molecule has 0 N–H and O–H groups in total. The lowest BCUT2D eigenvalue weighted by Gasteiger charge is -2.10. The quantitative estimate of drug-likeness (QED) is 0.717. The molecule has 0 saturated heterocycles. The van der Waals surface area contributed by atoms with Gasteiger partial charge in [-0.15, -0.1) is 0 Å². The maximum absolute atomic E-state index is 12.6. The van der Waals surface area contributed by atoms with E-state index in [0.717, 1.165) is 5.56 Å². The number of ether oxygens (including phenoxy) is 1. The van der Waals surface area contributed by atoms with Crippen LogP contribution in [0.15, 0.2) is 24.3 Å². The Labute approximate surface area is 83.9 Å². The fourth-order valence-corrected chi connectivity index (χ4v) is 1.85. The van der Waals surface area contributed by atoms with E-state index >= 15 is 0 Å². The van der Waals surface area contributed by atoms with E-state index < -0.39 is 0 Å². The van der Waals surface area contributed by atoms with E-state index in [2.05, 4.69) is 0 Å². The van der Waals surface area contributed by atoms with Gasteiger partial charge in [-0.05, 0) is 30.5 Å². The summed E-state index contributed by atoms with van der Waals surface area (Å²) in [5.74, 6) is -0.186. The molecule has 2 rings (SSSR count). The molecule has 1 saturated carbocycles. The SMILES string of the molecule is Fc1ccc(COC2CCCC2)cc1. The zero-order valence-corrected chi connectivity index (χ0v) is 8.21. The molecule has 0 unspecified atom stereocenters. The van der Waals surface area contributed by atoms with Crippen molar-refractivity contribution < 1.29 is 9.13 Å². The fraction of sp³-hybridized carbons (Fsp3) is 0.500. The molecule has 1 fully saturated rings. The zero-order chi connectivity index (χ0) is 9.80. The molecule has 0 spiro atoms. The topological polar surface area (TPSA) is 9.23 Å². The molecule has 76 valence electrons. The predicted octanol–water partition coefficient (Wildman–Crippen LogP) is 3.28. The van der Waals surface area contributed by atoms with Crippen LogP contribution in [0.3, 0.4) is 0 Å². The van der Waals surface area contributed by atoms with Crippen molar-refractivity contribution in [2.45, 2.75) is 38.4 Å². The van der Waals surface area contributed by atoms with Crippen molar-refractivity contribution in [1.82, 2.24) is 0 Å². The van der Waals surface area contributed by atoms with E-state index in [1.807, 2.05) is 0 Å². The number of hydrogen-bond donors (Lipinski definition) is 0. The fourth-order valence-electron chi connectivity index (χ4n) is 1.85. The first-order valence-electron chi connectivity index (χ1n) is 5.20. The molecule has 1 aliphatic rings. The van der Waals surface area contributed by atoms with E-state index in [1.54, 1.807) is 12.1 Å². The van der Waals surface area contributed by atoms with Gasteiger partial charge in [0.05, 0.1) is 12.7 Å². The lowest BCUT2D eigenvalue weighted by Crippen LogP contribution is -2.06. The lowest BCUT2D eigenvalue weighted by atomic mass is 10.2. The van der Waals surface area contributed by atoms with Gasteiger partial charge < -0.3 is 4.74 Å². The van der Waals surface area contributed by atoms with Crippen molar-refractivity contribution in [3.63, 3.8) is 0 Å². The van der Waals surface area contributed by atoms with Crippen LogP contribution in [0, 0.1) is 5.82 Å². The van der Waals surface area contributed by atoms with Gasteiger partial charge in [0.2, 0.25) is 0 Å². The largest absolute Gasteiger partial charge is 0.374 e. The summed E-state index contributed by atoms with van der Waals surface area (Å²) in [6.07, 6.45) is 5.37. The average molecular weight is 194 g/mol. The smallest absolute Gasteiger partial charge is 0.123 e. The minimum Gasteiger partial charge on any atom is -0.374 e. The summed E-state index contributed by atoms with van der Waals surface area (Å²) in [4.78, 5) is 0. The number of halogens is 1. The maximum Gasteiger partial charge on any atom is 0.123 e. The van der Waals surface area contributed by atoms with Crippen LogP contribution in [0.25, 0.3) is 0 Å². The lowest BCUT2D eigenvalue weighted by molar-refractivity contribution is 0.0457. The Hall–Kier alpha value is -0.890. The molecule has 1 aromatic rings. The minimum absolute atomic E-state index is 0.186. The molecule has 0 heterocycles. The first-order valence-corrected chi connectivity index (χ1v) is 5.20. The number of benzene rings is 1. The Morgan fingerprint density at radius 3 is 2.43 bits per heavy atom. The Bertz CT molecular complexity index is 275. The van der Waals surface area contributed by atoms with Gasteiger partial charge in [0.15, 0.2) is 0 Å². The van der Waals surface area contributed by atoms with Crippen LogP contribution >= 0.6 is 0 Å². The summed E-state index contributed by atoms with van der Waals surface area (Å²) < 4.78 is 18.3. The Kier molecular flexibility index (Phi) is 3.14. The second-order valence-electron chi connectivity index (χ2n) is 3.84. The summed E-state index contributed by atoms with van der Waals surface area (Å²) in [7, 11) is 0. The first kappa shape index (κ1) is 9.66. The molecule has 0 aromatic heterocycles. The van der Waals surface area contributed by atoms with Crippen molar-refractivity contribution in [2.75, 3.05) is 0 Å². The second kappa shape index (κ2) is 4.56. The van der Waals surface area contributed by atoms with Crippen molar-refractivity contribution in [3.8, 4) is 0 Å². The van der Waals surface area contributed by atoms with E-state index in [4.69, 9.17) is 4.74 Å². The van der Waals surface area contributed by atoms with Crippen LogP contribution in [0.2, 0.25) is 0 Å². The van der Waals surface area contributed by atoms with Crippen LogP contribution in [-0.4, -0.2) is 6.10 Å². The highest BCUT2D eigenvalue weighted by molar-refractivity contribution is 5.14. The highest BCUT2D eigenvalue weighted by Gasteiger charge is 2.14. The van der Waals surface area contributed by atoms with E-state index in [9.17, 15) is 4.39 Å². The van der Waals surface area contributed by atoms with E-state index in [-0.39, 0.29) is 5.82 Å². The van der Waals surface area contributed by atoms with Gasteiger partial charge >= 0.3 is 0 Å². The van der Waals surface area contributed by atoms with E-state index in [1.165, 1.54) is 37.8 Å². The molecule has 14 heavy (non-hydrogen) atoms. The van der Waals surface area contributed by atoms with Crippen molar-refractivity contribution in [1.29, 1.82) is 0 Å². The molecule has 2 heteroatoms. The molecule has 0 bridgehead atoms. The molecule has 0 atom stereocenters. The van der Waals surface area contributed by atoms with Crippen LogP contribution in [0.1, 0.15) is 31.2 Å². The Morgan fingerprint density at radius 2 is 1.79 bits per heavy atom. The predicted molar refractivity (Wildman–Crippen MR) is 53.4 cm³/mol. The first-order chi connectivity index (χ1) is 6.84. The second-order valence-corrected chi connectivity index (χ2v) is 3.84. The van der Waals surface area contributed by atoms with Gasteiger partial charge in [0.1, 0.15) is 5.82 Å². The summed E-state index contributed by atoms with van der Waals surface area (Å²) >= 11 is 0. The molecule has 0 amide bonds. The van der Waals surface area contributed by atoms with Crippen LogP contribution < -0.4 is 0 Å². The van der Waals surface area contributed by atoms with Crippen molar-refractivity contribution >= 4 is 0 Å². The third-order valence-corrected chi connectivity index (χ3v) is 2.70. The normalized spacial score (nSPS) is 17.5. The van der Waals surface area contributed by atoms with Crippen LogP contribution in [0.5, 0.6) is 0 Å². The standard InChI is InChI=1S/C12H15FO/c13-11-7-5-10(6-8-11)9-14-12-3-1-2-4-12/h5-8,12H,1-4,9H2. The maximum atomic E-state index is 12.6. The summed E-state index contributed by atoms with van der Waals surface area (Å²) in [5, 5.41) is 0. The number of hydrogen-bond acceptors (Lipinski definition) is 1. The van der Waals surface area contributed by atoms with Gasteiger partial charge in [0, 0.05) is 0 Å². The summed E-state index contributed by atoms with van der Waals surface area (Å²) in [6.45, 7) is 0.616. The molecule has 0 aliphatic heterocycles. The number of rotatable bonds is 3. The van der Waals surface area contributed by atoms with Crippen molar-refractivity contribution in [3.05, 3.63) is 35.6 Å². The van der Waals surface area contributed by atoms with Gasteiger partial charge in [-0.1, -0.05) is 25.0 Å². The molecular formula is C12H15FO. The molecule has 0 radical (unpaired) electrons. The zero-order valence-electron chi connectivity index (χ0n) is 8.21. The average Bonchev–Trinajstić information content (AvgIpc) is 2.70. The molecule has 1 aromatic carbocycles. The molecule has 1 aliphatic carbocycles. The Morgan fingerprint density at radius 1 is 1.14 bits per heavy atom. The summed E-state index contributed by atoms with van der Waals surface area (Å²) in [6, 6.07) is 6.52. The van der Waals surface area contributed by atoms with Crippen LogP contribution in [-0.2, 0) is 11.3 Å². The highest BCUT2D eigenvalue weighted by Crippen LogP contribution is 2.21. The Balaban J connectivity index is 1.82. The molecule has 1 nitrogen and oxygen atoms in total. The van der Waals surface area contributed by atoms with Crippen LogP contribution in [0.4, 0.5) is 4.39 Å². The highest BCUT2D eigenvalue weighted by atomic mass is 19.1. The van der Waals surface area contributed by atoms with Gasteiger partial charge in [0.25, 0.3) is 0 Å². The molecular weight excluding hydrogens is 179 g/mol. The van der Waals surface area contributed by atoms with Crippen molar-refractivity contribution in [2.24, 2.45) is 0 Å². The third kappa shape index (κ3) is 2.55. The third-order valence-electron chi connectivity index (χ3n) is 2.70. The van der Waals surface area contributed by atoms with Gasteiger partial charge in [-0.3, -0.25) is 0 Å². The van der Waals surface area contributed by atoms with Gasteiger partial charge in [-0.2, -0.15) is 0 Å². The van der Waals surface area contributed by atoms with Gasteiger partial charge in [-0.25, -0.2) is 4.39 Å². The monoisotopic (exact) mass is 194 g/mol. The summed E-state index contributed by atoms with van der Waals surface area (Å²) in [5.41, 5.74) is 1.05. The van der Waals surface area contributed by atoms with E-state index in [0.29, 0.717) is 12.7 Å².